The molecule has 2 bridgehead atoms. The molecule has 9 heteroatoms. The topological polar surface area (TPSA) is 95.8 Å². The third-order valence-electron chi connectivity index (χ3n) is 5.29. The highest BCUT2D eigenvalue weighted by Crippen LogP contribution is 2.30. The number of nitriles is 1. The first-order chi connectivity index (χ1) is 14.0. The van der Waals surface area contributed by atoms with Crippen molar-refractivity contribution in [3.63, 3.8) is 0 Å². The van der Waals surface area contributed by atoms with E-state index in [4.69, 9.17) is 9.47 Å². The summed E-state index contributed by atoms with van der Waals surface area (Å²) in [6.07, 6.45) is 1.65. The number of sulfonamides is 1. The van der Waals surface area contributed by atoms with Crippen LogP contribution in [0.3, 0.4) is 0 Å². The van der Waals surface area contributed by atoms with Crippen LogP contribution in [0, 0.1) is 17.2 Å². The van der Waals surface area contributed by atoms with Gasteiger partial charge in [0.05, 0.1) is 36.8 Å². The molecule has 8 nitrogen and oxygen atoms in total. The number of methoxy groups -OCH3 is 1. The van der Waals surface area contributed by atoms with Crippen LogP contribution in [0.15, 0.2) is 47.5 Å². The number of anilines is 1. The minimum atomic E-state index is -3.70. The highest BCUT2D eigenvalue weighted by atomic mass is 32.2. The molecule has 2 aliphatic heterocycles. The molecule has 2 aliphatic rings. The molecule has 1 aromatic carbocycles. The first-order valence-electron chi connectivity index (χ1n) is 9.36. The quantitative estimate of drug-likeness (QED) is 0.748. The summed E-state index contributed by atoms with van der Waals surface area (Å²) in [6, 6.07) is 11.9. The van der Waals surface area contributed by atoms with E-state index >= 15 is 0 Å². The average Bonchev–Trinajstić information content (AvgIpc) is 3.05. The van der Waals surface area contributed by atoms with E-state index < -0.39 is 10.0 Å². The van der Waals surface area contributed by atoms with Gasteiger partial charge >= 0.3 is 0 Å². The third kappa shape index (κ3) is 3.79. The van der Waals surface area contributed by atoms with Crippen LogP contribution < -0.4 is 9.64 Å². The molecule has 0 saturated carbocycles. The Morgan fingerprint density at radius 2 is 2.07 bits per heavy atom. The van der Waals surface area contributed by atoms with E-state index in [9.17, 15) is 13.7 Å². The van der Waals surface area contributed by atoms with Gasteiger partial charge in [-0.3, -0.25) is 0 Å². The number of pyridine rings is 1. The maximum Gasteiger partial charge on any atom is 0.243 e. The number of fused-ring (bicyclic) bond motifs is 3. The average molecular weight is 414 g/mol. The molecular weight excluding hydrogens is 392 g/mol. The summed E-state index contributed by atoms with van der Waals surface area (Å²) in [4.78, 5) is 6.64. The monoisotopic (exact) mass is 414 g/mol. The number of benzene rings is 1. The fourth-order valence-corrected chi connectivity index (χ4v) is 5.47. The Morgan fingerprint density at radius 1 is 1.21 bits per heavy atom. The van der Waals surface area contributed by atoms with Gasteiger partial charge < -0.3 is 14.4 Å². The van der Waals surface area contributed by atoms with Crippen LogP contribution in [0.25, 0.3) is 0 Å². The predicted molar refractivity (Wildman–Crippen MR) is 106 cm³/mol. The summed E-state index contributed by atoms with van der Waals surface area (Å²) in [7, 11) is -2.18. The molecule has 29 heavy (non-hydrogen) atoms. The maximum atomic E-state index is 13.3. The molecule has 0 spiro atoms. The molecule has 2 aromatic rings. The third-order valence-corrected chi connectivity index (χ3v) is 7.12. The Balaban J connectivity index is 1.69. The van der Waals surface area contributed by atoms with Crippen molar-refractivity contribution >= 4 is 15.8 Å². The molecule has 0 radical (unpaired) electrons. The second-order valence-electron chi connectivity index (χ2n) is 7.20. The molecule has 4 rings (SSSR count). The van der Waals surface area contributed by atoms with Crippen LogP contribution in [-0.4, -0.2) is 63.7 Å². The smallest absolute Gasteiger partial charge is 0.243 e. The Bertz CT molecular complexity index is 1040. The van der Waals surface area contributed by atoms with Crippen LogP contribution in [0.1, 0.15) is 5.56 Å². The number of nitrogens with zero attached hydrogens (tertiary/aromatic N) is 4. The van der Waals surface area contributed by atoms with Crippen LogP contribution in [0.2, 0.25) is 0 Å². The van der Waals surface area contributed by atoms with Crippen LogP contribution in [-0.2, 0) is 14.8 Å². The number of aromatic nitrogens is 1. The van der Waals surface area contributed by atoms with Crippen molar-refractivity contribution in [1.82, 2.24) is 9.29 Å². The second kappa shape index (κ2) is 7.99. The van der Waals surface area contributed by atoms with E-state index in [1.165, 1.54) is 17.5 Å². The van der Waals surface area contributed by atoms with E-state index in [0.29, 0.717) is 43.4 Å². The molecule has 0 aliphatic carbocycles. The van der Waals surface area contributed by atoms with Crippen molar-refractivity contribution in [2.24, 2.45) is 5.92 Å². The lowest BCUT2D eigenvalue weighted by Gasteiger charge is -2.31. The van der Waals surface area contributed by atoms with Crippen molar-refractivity contribution in [2.45, 2.75) is 10.9 Å². The van der Waals surface area contributed by atoms with Gasteiger partial charge in [0.25, 0.3) is 0 Å². The number of hydrogen-bond donors (Lipinski definition) is 0. The SMILES string of the molecule is COc1cccc(S(=O)(=O)N2C[C@@H]3COC[C@H](C2)N(c2ncccc2C#N)C3)c1. The first kappa shape index (κ1) is 19.6. The molecule has 1 aromatic heterocycles. The highest BCUT2D eigenvalue weighted by molar-refractivity contribution is 7.89. The van der Waals surface area contributed by atoms with Crippen LogP contribution in [0.4, 0.5) is 5.82 Å². The Kier molecular flexibility index (Phi) is 5.41. The molecule has 2 saturated heterocycles. The normalized spacial score (nSPS) is 22.6. The predicted octanol–water partition coefficient (Wildman–Crippen LogP) is 1.49. The Morgan fingerprint density at radius 3 is 2.86 bits per heavy atom. The van der Waals surface area contributed by atoms with Crippen molar-refractivity contribution in [1.29, 1.82) is 5.26 Å². The summed E-state index contributed by atoms with van der Waals surface area (Å²) in [5.41, 5.74) is 0.474. The molecular formula is C20H22N4O4S. The van der Waals surface area contributed by atoms with Gasteiger partial charge in [-0.2, -0.15) is 9.57 Å². The zero-order valence-electron chi connectivity index (χ0n) is 16.1. The van der Waals surface area contributed by atoms with Gasteiger partial charge in [0, 0.05) is 37.8 Å². The van der Waals surface area contributed by atoms with Gasteiger partial charge in [0.1, 0.15) is 17.6 Å². The molecule has 0 N–H and O–H groups in total. The van der Waals surface area contributed by atoms with Crippen LogP contribution >= 0.6 is 0 Å². The van der Waals surface area contributed by atoms with Gasteiger partial charge in [-0.25, -0.2) is 13.4 Å². The van der Waals surface area contributed by atoms with Gasteiger partial charge in [0.2, 0.25) is 10.0 Å². The maximum absolute atomic E-state index is 13.3. The zero-order chi connectivity index (χ0) is 20.4. The fourth-order valence-electron chi connectivity index (χ4n) is 3.88. The van der Waals surface area contributed by atoms with Gasteiger partial charge in [-0.1, -0.05) is 6.07 Å². The molecule has 0 amide bonds. The number of hydrogen-bond acceptors (Lipinski definition) is 7. The summed E-state index contributed by atoms with van der Waals surface area (Å²) in [5, 5.41) is 9.47. The molecule has 0 unspecified atom stereocenters. The lowest BCUT2D eigenvalue weighted by molar-refractivity contribution is 0.0841. The standard InChI is InChI=1S/C20H22N4O4S/c1-27-18-5-2-6-19(8-18)29(25,26)23-10-15-11-24(17(12-23)14-28-13-15)20-16(9-21)4-3-7-22-20/h2-8,15,17H,10-14H2,1H3/t15-,17-/m0/s1. The highest BCUT2D eigenvalue weighted by Gasteiger charge is 2.39. The van der Waals surface area contributed by atoms with Crippen molar-refractivity contribution in [3.05, 3.63) is 48.2 Å². The Hall–Kier alpha value is -2.67. The van der Waals surface area contributed by atoms with E-state index in [0.717, 1.165) is 0 Å². The van der Waals surface area contributed by atoms with Gasteiger partial charge in [-0.15, -0.1) is 0 Å². The lowest BCUT2D eigenvalue weighted by Crippen LogP contribution is -2.46. The van der Waals surface area contributed by atoms with E-state index in [-0.39, 0.29) is 23.4 Å². The Labute approximate surface area is 170 Å². The lowest BCUT2D eigenvalue weighted by atomic mass is 10.1. The minimum Gasteiger partial charge on any atom is -0.497 e. The second-order valence-corrected chi connectivity index (χ2v) is 9.13. The summed E-state index contributed by atoms with van der Waals surface area (Å²) >= 11 is 0. The molecule has 2 fully saturated rings. The number of ether oxygens (including phenoxy) is 2. The fraction of sp³-hybridized carbons (Fsp3) is 0.400. The largest absolute Gasteiger partial charge is 0.497 e. The van der Waals surface area contributed by atoms with E-state index in [1.807, 2.05) is 4.90 Å². The summed E-state index contributed by atoms with van der Waals surface area (Å²) < 4.78 is 39.2. The van der Waals surface area contributed by atoms with E-state index in [1.54, 1.807) is 36.5 Å². The van der Waals surface area contributed by atoms with Gasteiger partial charge in [0.15, 0.2) is 0 Å². The molecule has 152 valence electrons. The van der Waals surface area contributed by atoms with Crippen molar-refractivity contribution in [2.75, 3.05) is 44.9 Å². The van der Waals surface area contributed by atoms with Crippen LogP contribution in [0.5, 0.6) is 5.75 Å². The summed E-state index contributed by atoms with van der Waals surface area (Å²) in [6.45, 7) is 2.03. The van der Waals surface area contributed by atoms with Crippen molar-refractivity contribution in [3.8, 4) is 11.8 Å². The van der Waals surface area contributed by atoms with E-state index in [2.05, 4.69) is 11.1 Å². The van der Waals surface area contributed by atoms with Crippen molar-refractivity contribution < 1.29 is 17.9 Å². The minimum absolute atomic E-state index is 0.0311. The first-order valence-corrected chi connectivity index (χ1v) is 10.8. The number of rotatable bonds is 4. The summed E-state index contributed by atoms with van der Waals surface area (Å²) in [5.74, 6) is 1.05. The molecule has 3 heterocycles. The molecule has 2 atom stereocenters. The zero-order valence-corrected chi connectivity index (χ0v) is 16.9. The van der Waals surface area contributed by atoms with Gasteiger partial charge in [-0.05, 0) is 24.3 Å².